The summed E-state index contributed by atoms with van der Waals surface area (Å²) >= 11 is 0. The average molecular weight is 498 g/mol. The maximum atomic E-state index is 10.8. The number of phenols is 1. The Morgan fingerprint density at radius 3 is 2.09 bits per heavy atom. The summed E-state index contributed by atoms with van der Waals surface area (Å²) in [5.41, 5.74) is 0.0139. The second-order valence-electron chi connectivity index (χ2n) is 7.98. The maximum absolute atomic E-state index is 10.8. The second-order valence-corrected chi connectivity index (χ2v) is 7.98. The van der Waals surface area contributed by atoms with E-state index < -0.39 is 61.4 Å². The van der Waals surface area contributed by atoms with E-state index in [0.717, 1.165) is 6.07 Å². The van der Waals surface area contributed by atoms with Crippen molar-refractivity contribution in [2.24, 2.45) is 0 Å². The summed E-state index contributed by atoms with van der Waals surface area (Å²) in [6.45, 7) is -0.677. The van der Waals surface area contributed by atoms with Crippen LogP contribution in [0.5, 0.6) is 23.0 Å². The highest BCUT2D eigenvalue weighted by molar-refractivity contribution is 5.62. The molecule has 3 rings (SSSR count). The van der Waals surface area contributed by atoms with Gasteiger partial charge in [-0.25, -0.2) is 0 Å². The Morgan fingerprint density at radius 1 is 0.886 bits per heavy atom. The van der Waals surface area contributed by atoms with Gasteiger partial charge in [-0.3, -0.25) is 0 Å². The fourth-order valence-electron chi connectivity index (χ4n) is 3.87. The lowest BCUT2D eigenvalue weighted by Crippen LogP contribution is -2.60. The third-order valence-corrected chi connectivity index (χ3v) is 5.80. The lowest BCUT2D eigenvalue weighted by Gasteiger charge is -2.39. The summed E-state index contributed by atoms with van der Waals surface area (Å²) < 4.78 is 21.5. The Bertz CT molecular complexity index is 969. The Balaban J connectivity index is 1.95. The normalized spacial score (nSPS) is 27.1. The molecule has 1 fully saturated rings. The van der Waals surface area contributed by atoms with E-state index in [2.05, 4.69) is 0 Å². The molecule has 194 valence electrons. The topological polar surface area (TPSA) is 199 Å². The largest absolute Gasteiger partial charge is 0.507 e. The van der Waals surface area contributed by atoms with Crippen molar-refractivity contribution in [3.05, 3.63) is 47.5 Å². The molecular formula is C23H30O12. The molecule has 1 heterocycles. The Kier molecular flexibility index (Phi) is 8.74. The Hall–Kier alpha value is -2.68. The first-order valence-corrected chi connectivity index (χ1v) is 10.7. The van der Waals surface area contributed by atoms with Gasteiger partial charge >= 0.3 is 0 Å². The summed E-state index contributed by atoms with van der Waals surface area (Å²) in [4.78, 5) is 0. The molecule has 0 aliphatic carbocycles. The summed E-state index contributed by atoms with van der Waals surface area (Å²) in [6.07, 6.45) is -13.0. The van der Waals surface area contributed by atoms with Crippen molar-refractivity contribution in [3.8, 4) is 23.0 Å². The fourth-order valence-corrected chi connectivity index (χ4v) is 3.87. The van der Waals surface area contributed by atoms with E-state index in [0.29, 0.717) is 5.56 Å². The fraction of sp³-hybridized carbons (Fsp3) is 0.478. The van der Waals surface area contributed by atoms with Gasteiger partial charge in [-0.2, -0.15) is 0 Å². The van der Waals surface area contributed by atoms with Gasteiger partial charge in [0.1, 0.15) is 48.5 Å². The molecule has 0 spiro atoms. The van der Waals surface area contributed by atoms with E-state index >= 15 is 0 Å². The molecule has 0 amide bonds. The zero-order chi connectivity index (χ0) is 25.9. The molecule has 1 aliphatic heterocycles. The zero-order valence-corrected chi connectivity index (χ0v) is 19.0. The van der Waals surface area contributed by atoms with Crippen LogP contribution in [-0.2, 0) is 4.74 Å². The van der Waals surface area contributed by atoms with Crippen LogP contribution < -0.4 is 14.2 Å². The van der Waals surface area contributed by atoms with Gasteiger partial charge in [0, 0.05) is 6.07 Å². The smallest absolute Gasteiger partial charge is 0.229 e. The number of hydrogen-bond donors (Lipinski definition) is 8. The van der Waals surface area contributed by atoms with Crippen LogP contribution in [0.25, 0.3) is 0 Å². The predicted octanol–water partition coefficient (Wildman–Crippen LogP) is -1.28. The predicted molar refractivity (Wildman–Crippen MR) is 118 cm³/mol. The third kappa shape index (κ3) is 5.29. The number of phenolic OH excluding ortho intramolecular Hbond substituents is 1. The molecule has 0 radical (unpaired) electrons. The number of aliphatic hydroxyl groups is 7. The van der Waals surface area contributed by atoms with Crippen molar-refractivity contribution < 1.29 is 59.8 Å². The van der Waals surface area contributed by atoms with Crippen molar-refractivity contribution in [1.82, 2.24) is 0 Å². The molecule has 2 aromatic carbocycles. The molecule has 12 nitrogen and oxygen atoms in total. The lowest BCUT2D eigenvalue weighted by atomic mass is 9.94. The summed E-state index contributed by atoms with van der Waals surface area (Å²) in [5.74, 6) is -1.30. The van der Waals surface area contributed by atoms with Crippen molar-refractivity contribution >= 4 is 0 Å². The van der Waals surface area contributed by atoms with Crippen molar-refractivity contribution in [2.45, 2.75) is 49.0 Å². The van der Waals surface area contributed by atoms with Crippen LogP contribution in [0.15, 0.2) is 36.4 Å². The molecule has 12 heteroatoms. The van der Waals surface area contributed by atoms with Crippen LogP contribution in [0.1, 0.15) is 23.3 Å². The van der Waals surface area contributed by atoms with Crippen molar-refractivity contribution in [1.29, 1.82) is 0 Å². The number of hydrogen-bond acceptors (Lipinski definition) is 12. The van der Waals surface area contributed by atoms with Crippen LogP contribution in [0.3, 0.4) is 0 Å². The van der Waals surface area contributed by atoms with Gasteiger partial charge in [0.25, 0.3) is 0 Å². The standard InChI is InChI=1S/C23H30O12/c1-32-21-12(34-23-20(31)19(30)16(27)13(9-24)35-23)8-11(25)14(22(21)33-2)17(28)18(29)15(26)10-6-4-3-5-7-10/h3-8,13,15-20,23-31H,9H2,1-2H3/t13-,15+,16-,17+,18+,19-,20+,23+/m1/s1. The third-order valence-electron chi connectivity index (χ3n) is 5.80. The molecule has 35 heavy (non-hydrogen) atoms. The van der Waals surface area contributed by atoms with E-state index in [1.54, 1.807) is 30.3 Å². The SMILES string of the molecule is COc1c(O[C@H]2O[C@H](CO)[C@@H](O)[C@@H](O)[C@@H]2O)cc(O)c([C@H](O)[C@@H](O)[C@@H](O)c2ccccc2)c1OC. The highest BCUT2D eigenvalue weighted by Crippen LogP contribution is 2.49. The first-order valence-electron chi connectivity index (χ1n) is 10.7. The molecule has 2 aromatic rings. The molecule has 1 aliphatic rings. The zero-order valence-electron chi connectivity index (χ0n) is 19.0. The van der Waals surface area contributed by atoms with Gasteiger partial charge in [-0.05, 0) is 5.56 Å². The summed E-state index contributed by atoms with van der Waals surface area (Å²) in [6, 6.07) is 9.09. The van der Waals surface area contributed by atoms with Gasteiger partial charge in [-0.1, -0.05) is 30.3 Å². The number of rotatable bonds is 9. The number of benzene rings is 2. The minimum Gasteiger partial charge on any atom is -0.507 e. The maximum Gasteiger partial charge on any atom is 0.229 e. The number of aliphatic hydroxyl groups excluding tert-OH is 7. The summed E-state index contributed by atoms with van der Waals surface area (Å²) in [7, 11) is 2.42. The van der Waals surface area contributed by atoms with Gasteiger partial charge in [-0.15, -0.1) is 0 Å². The van der Waals surface area contributed by atoms with Crippen LogP contribution in [0.4, 0.5) is 0 Å². The van der Waals surface area contributed by atoms with Gasteiger partial charge < -0.3 is 59.8 Å². The second kappa shape index (κ2) is 11.4. The van der Waals surface area contributed by atoms with Gasteiger partial charge in [0.05, 0.1) is 26.4 Å². The van der Waals surface area contributed by atoms with Gasteiger partial charge in [0.15, 0.2) is 11.5 Å². The van der Waals surface area contributed by atoms with E-state index in [4.69, 9.17) is 18.9 Å². The molecule has 0 saturated carbocycles. The van der Waals surface area contributed by atoms with E-state index in [1.165, 1.54) is 14.2 Å². The van der Waals surface area contributed by atoms with E-state index in [1.807, 2.05) is 0 Å². The van der Waals surface area contributed by atoms with Crippen LogP contribution in [0, 0.1) is 0 Å². The quantitative estimate of drug-likeness (QED) is 0.204. The molecule has 0 bridgehead atoms. The van der Waals surface area contributed by atoms with Crippen LogP contribution in [-0.4, -0.2) is 98.5 Å². The Labute approximate surface area is 200 Å². The highest BCUT2D eigenvalue weighted by Gasteiger charge is 2.45. The molecule has 8 atom stereocenters. The lowest BCUT2D eigenvalue weighted by molar-refractivity contribution is -0.277. The van der Waals surface area contributed by atoms with Crippen molar-refractivity contribution in [3.63, 3.8) is 0 Å². The molecule has 1 saturated heterocycles. The van der Waals surface area contributed by atoms with Gasteiger partial charge in [0.2, 0.25) is 12.0 Å². The van der Waals surface area contributed by atoms with E-state index in [9.17, 15) is 40.9 Å². The molecule has 0 unspecified atom stereocenters. The molecule has 0 aromatic heterocycles. The molecule has 8 N–H and O–H groups in total. The Morgan fingerprint density at radius 2 is 1.51 bits per heavy atom. The molecular weight excluding hydrogens is 468 g/mol. The first-order chi connectivity index (χ1) is 16.7. The minimum atomic E-state index is -1.84. The highest BCUT2D eigenvalue weighted by atomic mass is 16.7. The van der Waals surface area contributed by atoms with Crippen molar-refractivity contribution in [2.75, 3.05) is 20.8 Å². The number of ether oxygens (including phenoxy) is 4. The summed E-state index contributed by atoms with van der Waals surface area (Å²) in [5, 5.41) is 82.2. The number of aromatic hydroxyl groups is 1. The average Bonchev–Trinajstić information content (AvgIpc) is 2.87. The monoisotopic (exact) mass is 498 g/mol. The minimum absolute atomic E-state index is 0.183. The van der Waals surface area contributed by atoms with Crippen LogP contribution in [0.2, 0.25) is 0 Å². The van der Waals surface area contributed by atoms with E-state index in [-0.39, 0.29) is 22.8 Å². The van der Waals surface area contributed by atoms with Crippen LogP contribution >= 0.6 is 0 Å². The first kappa shape index (κ1) is 26.9. The number of methoxy groups -OCH3 is 2.